The number of amides is 2. The number of anilines is 1. The molecule has 0 bridgehead atoms. The summed E-state index contributed by atoms with van der Waals surface area (Å²) in [6.45, 7) is 1.06. The summed E-state index contributed by atoms with van der Waals surface area (Å²) >= 11 is 6.24. The summed E-state index contributed by atoms with van der Waals surface area (Å²) in [6, 6.07) is 14.4. The second-order valence-corrected chi connectivity index (χ2v) is 8.96. The van der Waals surface area contributed by atoms with Crippen molar-refractivity contribution in [2.24, 2.45) is 0 Å². The monoisotopic (exact) mass is 560 g/mol. The van der Waals surface area contributed by atoms with Gasteiger partial charge < -0.3 is 20.8 Å². The van der Waals surface area contributed by atoms with E-state index < -0.39 is 25.2 Å². The molecule has 3 rings (SSSR count). The lowest BCUT2D eigenvalue weighted by Gasteiger charge is -2.25. The second-order valence-electron chi connectivity index (χ2n) is 8.56. The van der Waals surface area contributed by atoms with E-state index in [0.29, 0.717) is 22.8 Å². The molecule has 39 heavy (non-hydrogen) atoms. The number of carbonyl (C=O) groups is 1. The van der Waals surface area contributed by atoms with Crippen molar-refractivity contribution in [2.75, 3.05) is 25.5 Å². The van der Waals surface area contributed by atoms with Crippen molar-refractivity contribution in [1.82, 2.24) is 15.2 Å². The number of aryl methyl sites for hydroxylation is 1. The Morgan fingerprint density at radius 1 is 1.10 bits per heavy atom. The van der Waals surface area contributed by atoms with E-state index in [0.717, 1.165) is 16.0 Å². The summed E-state index contributed by atoms with van der Waals surface area (Å²) in [5.74, 6) is -0.167. The van der Waals surface area contributed by atoms with E-state index in [-0.39, 0.29) is 29.5 Å². The van der Waals surface area contributed by atoms with Crippen molar-refractivity contribution in [3.8, 4) is 5.88 Å². The molecule has 0 spiro atoms. The van der Waals surface area contributed by atoms with Gasteiger partial charge in [0.05, 0.1) is 25.8 Å². The number of hydrogen-bond donors (Lipinski definition) is 4. The number of pyridine rings is 1. The Morgan fingerprint density at radius 2 is 1.79 bits per heavy atom. The normalized spacial score (nSPS) is 11.0. The van der Waals surface area contributed by atoms with E-state index in [1.54, 1.807) is 42.5 Å². The molecule has 0 saturated heterocycles. The number of carbonyl (C=O) groups excluding carboxylic acids is 1. The molecule has 206 valence electrons. The van der Waals surface area contributed by atoms with E-state index in [1.807, 2.05) is 19.1 Å². The zero-order valence-corrected chi connectivity index (χ0v) is 22.1. The van der Waals surface area contributed by atoms with Crippen LogP contribution < -0.4 is 15.4 Å². The standard InChI is InChI=1S/C27H28ClF3N6O2/c1-17-7-9-18(10-8-17)24(33)37(14-12-27(29,30)31)26(38)36-16-22(32)20-11-13-34-25(39-2)23(20)35-15-19-5-3-4-6-21(19)28/h3-11,13,32-33,35H,12,14-16H2,1-2H3,(H,36,38). The summed E-state index contributed by atoms with van der Waals surface area (Å²) in [6.07, 6.45) is -4.37. The van der Waals surface area contributed by atoms with Gasteiger partial charge in [-0.25, -0.2) is 9.78 Å². The first-order valence-electron chi connectivity index (χ1n) is 11.9. The van der Waals surface area contributed by atoms with Crippen LogP contribution in [0.3, 0.4) is 0 Å². The number of nitrogens with one attached hydrogen (secondary N) is 4. The van der Waals surface area contributed by atoms with Crippen molar-refractivity contribution >= 4 is 34.9 Å². The van der Waals surface area contributed by atoms with E-state index in [9.17, 15) is 18.0 Å². The summed E-state index contributed by atoms with van der Waals surface area (Å²) < 4.78 is 44.3. The van der Waals surface area contributed by atoms with E-state index in [2.05, 4.69) is 15.6 Å². The van der Waals surface area contributed by atoms with Gasteiger partial charge in [0.25, 0.3) is 0 Å². The van der Waals surface area contributed by atoms with Crippen LogP contribution in [0.4, 0.5) is 23.7 Å². The molecule has 4 N–H and O–H groups in total. The lowest BCUT2D eigenvalue weighted by atomic mass is 10.1. The maximum absolute atomic E-state index is 13.0. The molecule has 0 aliphatic heterocycles. The largest absolute Gasteiger partial charge is 0.480 e. The number of ether oxygens (including phenoxy) is 1. The molecule has 0 saturated carbocycles. The van der Waals surface area contributed by atoms with Crippen molar-refractivity contribution < 1.29 is 22.7 Å². The number of methoxy groups -OCH3 is 1. The number of nitrogens with zero attached hydrogens (tertiary/aromatic N) is 2. The van der Waals surface area contributed by atoms with Gasteiger partial charge in [0.15, 0.2) is 0 Å². The van der Waals surface area contributed by atoms with Crippen molar-refractivity contribution in [3.05, 3.63) is 88.1 Å². The first-order valence-corrected chi connectivity index (χ1v) is 12.2. The molecule has 0 unspecified atom stereocenters. The molecule has 8 nitrogen and oxygen atoms in total. The van der Waals surface area contributed by atoms with Crippen LogP contribution in [0.2, 0.25) is 5.02 Å². The lowest BCUT2D eigenvalue weighted by molar-refractivity contribution is -0.135. The third-order valence-electron chi connectivity index (χ3n) is 5.72. The minimum atomic E-state index is -4.52. The minimum Gasteiger partial charge on any atom is -0.480 e. The number of alkyl halides is 3. The molecule has 0 atom stereocenters. The summed E-state index contributed by atoms with van der Waals surface area (Å²) in [5.41, 5.74) is 2.69. The average molecular weight is 561 g/mol. The molecule has 3 aromatic rings. The Kier molecular flexibility index (Phi) is 9.89. The van der Waals surface area contributed by atoms with Gasteiger partial charge in [0.1, 0.15) is 11.5 Å². The number of halogens is 4. The van der Waals surface area contributed by atoms with Crippen LogP contribution in [0.25, 0.3) is 0 Å². The highest BCUT2D eigenvalue weighted by Gasteiger charge is 2.31. The van der Waals surface area contributed by atoms with Gasteiger partial charge in [0, 0.05) is 35.4 Å². The first-order chi connectivity index (χ1) is 18.5. The van der Waals surface area contributed by atoms with Gasteiger partial charge in [-0.3, -0.25) is 10.3 Å². The fraction of sp³-hybridized carbons (Fsp3) is 0.259. The summed E-state index contributed by atoms with van der Waals surface area (Å²) in [4.78, 5) is 17.9. The molecule has 0 radical (unpaired) electrons. The van der Waals surface area contributed by atoms with E-state index in [1.165, 1.54) is 13.3 Å². The number of urea groups is 1. The Hall–Kier alpha value is -4.12. The summed E-state index contributed by atoms with van der Waals surface area (Å²) in [5, 5.41) is 23.2. The topological polar surface area (TPSA) is 114 Å². The molecule has 0 fully saturated rings. The lowest BCUT2D eigenvalue weighted by Crippen LogP contribution is -2.46. The fourth-order valence-electron chi connectivity index (χ4n) is 3.62. The molecule has 0 aliphatic carbocycles. The van der Waals surface area contributed by atoms with Gasteiger partial charge in [-0.05, 0) is 24.6 Å². The smallest absolute Gasteiger partial charge is 0.390 e. The van der Waals surface area contributed by atoms with Gasteiger partial charge in [0.2, 0.25) is 5.88 Å². The number of hydrogen-bond acceptors (Lipinski definition) is 6. The number of aromatic nitrogens is 1. The van der Waals surface area contributed by atoms with Gasteiger partial charge in [-0.1, -0.05) is 59.6 Å². The van der Waals surface area contributed by atoms with Gasteiger partial charge >= 0.3 is 12.2 Å². The van der Waals surface area contributed by atoms with Crippen LogP contribution in [-0.4, -0.2) is 53.8 Å². The van der Waals surface area contributed by atoms with Crippen LogP contribution in [0.1, 0.15) is 28.7 Å². The number of amidine groups is 1. The Bertz CT molecular complexity index is 1330. The first kappa shape index (κ1) is 29.4. The fourth-order valence-corrected chi connectivity index (χ4v) is 3.82. The third-order valence-corrected chi connectivity index (χ3v) is 6.09. The summed E-state index contributed by atoms with van der Waals surface area (Å²) in [7, 11) is 1.42. The highest BCUT2D eigenvalue weighted by atomic mass is 35.5. The predicted octanol–water partition coefficient (Wildman–Crippen LogP) is 6.02. The minimum absolute atomic E-state index is 0.0525. The predicted molar refractivity (Wildman–Crippen MR) is 145 cm³/mol. The van der Waals surface area contributed by atoms with Gasteiger partial charge in [-0.2, -0.15) is 13.2 Å². The highest BCUT2D eigenvalue weighted by molar-refractivity contribution is 6.31. The Balaban J connectivity index is 1.77. The zero-order chi connectivity index (χ0) is 28.6. The van der Waals surface area contributed by atoms with Crippen LogP contribution in [0.5, 0.6) is 5.88 Å². The molecule has 2 amide bonds. The highest BCUT2D eigenvalue weighted by Crippen LogP contribution is 2.28. The molecule has 12 heteroatoms. The average Bonchev–Trinajstić information content (AvgIpc) is 2.90. The second kappa shape index (κ2) is 13.1. The SMILES string of the molecule is COc1nccc(C(=N)CNC(=O)N(CCC(F)(F)F)C(=N)c2ccc(C)cc2)c1NCc1ccccc1Cl. The van der Waals surface area contributed by atoms with E-state index in [4.69, 9.17) is 27.2 Å². The molecular formula is C27H28ClF3N6O2. The van der Waals surface area contributed by atoms with E-state index >= 15 is 0 Å². The van der Waals surface area contributed by atoms with Crippen LogP contribution >= 0.6 is 11.6 Å². The molecule has 1 heterocycles. The number of benzene rings is 2. The zero-order valence-electron chi connectivity index (χ0n) is 21.3. The molecule has 1 aromatic heterocycles. The van der Waals surface area contributed by atoms with Gasteiger partial charge in [-0.15, -0.1) is 0 Å². The maximum atomic E-state index is 13.0. The molecule has 0 aliphatic rings. The third kappa shape index (κ3) is 8.18. The number of rotatable bonds is 10. The van der Waals surface area contributed by atoms with Crippen molar-refractivity contribution in [3.63, 3.8) is 0 Å². The Morgan fingerprint density at radius 3 is 2.44 bits per heavy atom. The maximum Gasteiger partial charge on any atom is 0.390 e. The van der Waals surface area contributed by atoms with Crippen molar-refractivity contribution in [2.45, 2.75) is 26.1 Å². The molecular weight excluding hydrogens is 533 g/mol. The van der Waals surface area contributed by atoms with Crippen molar-refractivity contribution in [1.29, 1.82) is 10.8 Å². The Labute approximate surface area is 229 Å². The molecule has 2 aromatic carbocycles. The van der Waals surface area contributed by atoms with Crippen LogP contribution in [0.15, 0.2) is 60.8 Å². The quantitative estimate of drug-likeness (QED) is 0.179. The van der Waals surface area contributed by atoms with Crippen LogP contribution in [0, 0.1) is 17.7 Å². The van der Waals surface area contributed by atoms with Crippen LogP contribution in [-0.2, 0) is 6.54 Å².